The van der Waals surface area contributed by atoms with Crippen molar-refractivity contribution in [3.8, 4) is 0 Å². The van der Waals surface area contributed by atoms with Gasteiger partial charge in [-0.15, -0.1) is 0 Å². The van der Waals surface area contributed by atoms with Gasteiger partial charge in [0.1, 0.15) is 5.82 Å². The van der Waals surface area contributed by atoms with E-state index in [4.69, 9.17) is 5.11 Å². The van der Waals surface area contributed by atoms with Gasteiger partial charge in [0.05, 0.1) is 5.56 Å². The Morgan fingerprint density at radius 2 is 2.05 bits per heavy atom. The second-order valence-electron chi connectivity index (χ2n) is 3.84. The van der Waals surface area contributed by atoms with E-state index in [1.54, 1.807) is 0 Å². The van der Waals surface area contributed by atoms with Gasteiger partial charge in [0.15, 0.2) is 0 Å². The Labute approximate surface area is 110 Å². The van der Waals surface area contributed by atoms with E-state index in [2.05, 4.69) is 16.0 Å². The molecule has 0 radical (unpaired) electrons. The largest absolute Gasteiger partial charge is 0.478 e. The molecule has 7 heteroatoms. The number of anilines is 1. The zero-order valence-corrected chi connectivity index (χ0v) is 10.5. The third-order valence-electron chi connectivity index (χ3n) is 2.35. The highest BCUT2D eigenvalue weighted by Gasteiger charge is 2.11. The van der Waals surface area contributed by atoms with Crippen molar-refractivity contribution >= 4 is 17.7 Å². The summed E-state index contributed by atoms with van der Waals surface area (Å²) >= 11 is 0. The van der Waals surface area contributed by atoms with Gasteiger partial charge in [0, 0.05) is 12.2 Å². The van der Waals surface area contributed by atoms with Crippen molar-refractivity contribution in [1.29, 1.82) is 0 Å². The van der Waals surface area contributed by atoms with Crippen LogP contribution in [-0.4, -0.2) is 37.2 Å². The number of carbonyl (C=O) groups excluding carboxylic acids is 1. The average Bonchev–Trinajstić information content (AvgIpc) is 2.34. The van der Waals surface area contributed by atoms with Crippen molar-refractivity contribution in [3.63, 3.8) is 0 Å². The minimum Gasteiger partial charge on any atom is -0.478 e. The van der Waals surface area contributed by atoms with Crippen molar-refractivity contribution in [2.24, 2.45) is 0 Å². The Morgan fingerprint density at radius 3 is 2.63 bits per heavy atom. The van der Waals surface area contributed by atoms with Crippen LogP contribution in [0.2, 0.25) is 0 Å². The van der Waals surface area contributed by atoms with E-state index in [0.717, 1.165) is 25.1 Å². The predicted octanol–water partition coefficient (Wildman–Crippen LogP) is 1.25. The van der Waals surface area contributed by atoms with Gasteiger partial charge >= 0.3 is 12.0 Å². The standard InChI is InChI=1S/C12H16FN3O3/c1-14-5-2-6-15-12(19)16-8-3-4-9(11(17)18)10(13)7-8/h3-4,7,14H,2,5-6H2,1H3,(H,17,18)(H2,15,16,19). The maximum atomic E-state index is 13.3. The first-order chi connectivity index (χ1) is 9.04. The van der Waals surface area contributed by atoms with Crippen LogP contribution >= 0.6 is 0 Å². The molecular formula is C12H16FN3O3. The SMILES string of the molecule is CNCCCNC(=O)Nc1ccc(C(=O)O)c(F)c1. The van der Waals surface area contributed by atoms with E-state index in [9.17, 15) is 14.0 Å². The summed E-state index contributed by atoms with van der Waals surface area (Å²) in [5, 5.41) is 16.6. The molecule has 6 nitrogen and oxygen atoms in total. The summed E-state index contributed by atoms with van der Waals surface area (Å²) in [5.74, 6) is -2.24. The molecule has 0 saturated carbocycles. The van der Waals surface area contributed by atoms with Crippen LogP contribution < -0.4 is 16.0 Å². The van der Waals surface area contributed by atoms with Crippen LogP contribution in [0.3, 0.4) is 0 Å². The van der Waals surface area contributed by atoms with Crippen molar-refractivity contribution in [2.45, 2.75) is 6.42 Å². The van der Waals surface area contributed by atoms with Gasteiger partial charge in [-0.3, -0.25) is 0 Å². The maximum Gasteiger partial charge on any atom is 0.338 e. The Hall–Kier alpha value is -2.15. The topological polar surface area (TPSA) is 90.5 Å². The van der Waals surface area contributed by atoms with Crippen molar-refractivity contribution in [3.05, 3.63) is 29.6 Å². The first kappa shape index (κ1) is 14.9. The number of benzene rings is 1. The number of hydrogen-bond donors (Lipinski definition) is 4. The summed E-state index contributed by atoms with van der Waals surface area (Å²) in [7, 11) is 1.81. The highest BCUT2D eigenvalue weighted by Crippen LogP contribution is 2.14. The molecular weight excluding hydrogens is 253 g/mol. The lowest BCUT2D eigenvalue weighted by Gasteiger charge is -2.08. The average molecular weight is 269 g/mol. The van der Waals surface area contributed by atoms with Crippen molar-refractivity contribution in [2.75, 3.05) is 25.5 Å². The van der Waals surface area contributed by atoms with Gasteiger partial charge in [-0.1, -0.05) is 0 Å². The molecule has 0 heterocycles. The maximum absolute atomic E-state index is 13.3. The minimum absolute atomic E-state index is 0.202. The van der Waals surface area contributed by atoms with Crippen LogP contribution in [0.15, 0.2) is 18.2 Å². The summed E-state index contributed by atoms with van der Waals surface area (Å²) in [5.41, 5.74) is -0.228. The second kappa shape index (κ2) is 7.32. The number of hydrogen-bond acceptors (Lipinski definition) is 3. The van der Waals surface area contributed by atoms with E-state index in [-0.39, 0.29) is 5.69 Å². The van der Waals surface area contributed by atoms with Crippen LogP contribution in [0.25, 0.3) is 0 Å². The molecule has 0 aliphatic carbocycles. The number of aromatic carboxylic acids is 1. The fourth-order valence-electron chi connectivity index (χ4n) is 1.41. The quantitative estimate of drug-likeness (QED) is 0.585. The summed E-state index contributed by atoms with van der Waals surface area (Å²) in [6, 6.07) is 2.95. The molecule has 0 saturated heterocycles. The zero-order valence-electron chi connectivity index (χ0n) is 10.5. The number of carboxylic acid groups (broad SMARTS) is 1. The van der Waals surface area contributed by atoms with E-state index >= 15 is 0 Å². The molecule has 4 N–H and O–H groups in total. The number of rotatable bonds is 6. The van der Waals surface area contributed by atoms with Crippen LogP contribution in [-0.2, 0) is 0 Å². The first-order valence-corrected chi connectivity index (χ1v) is 5.77. The monoisotopic (exact) mass is 269 g/mol. The summed E-state index contributed by atoms with van der Waals surface area (Å²) < 4.78 is 13.3. The Morgan fingerprint density at radius 1 is 1.32 bits per heavy atom. The van der Waals surface area contributed by atoms with E-state index in [1.165, 1.54) is 6.07 Å². The van der Waals surface area contributed by atoms with Gasteiger partial charge in [-0.05, 0) is 38.2 Å². The number of carbonyl (C=O) groups is 2. The molecule has 2 amide bonds. The number of halogens is 1. The Kier molecular flexibility index (Phi) is 5.74. The molecule has 19 heavy (non-hydrogen) atoms. The first-order valence-electron chi connectivity index (χ1n) is 5.77. The molecule has 0 aromatic heterocycles. The number of nitrogens with one attached hydrogen (secondary N) is 3. The predicted molar refractivity (Wildman–Crippen MR) is 68.9 cm³/mol. The summed E-state index contributed by atoms with van der Waals surface area (Å²) in [6.07, 6.45) is 0.774. The highest BCUT2D eigenvalue weighted by molar-refractivity contribution is 5.91. The fraction of sp³-hybridized carbons (Fsp3) is 0.333. The molecule has 1 rings (SSSR count). The molecule has 0 bridgehead atoms. The van der Waals surface area contributed by atoms with Crippen molar-refractivity contribution < 1.29 is 19.1 Å². The number of amides is 2. The van der Waals surface area contributed by atoms with Crippen LogP contribution in [0.4, 0.5) is 14.9 Å². The van der Waals surface area contributed by atoms with Crippen LogP contribution in [0, 0.1) is 5.82 Å². The van der Waals surface area contributed by atoms with Gasteiger partial charge in [-0.25, -0.2) is 14.0 Å². The molecule has 0 aliphatic rings. The number of carboxylic acids is 1. The molecule has 0 unspecified atom stereocenters. The lowest BCUT2D eigenvalue weighted by Crippen LogP contribution is -2.30. The molecule has 0 aliphatic heterocycles. The third-order valence-corrected chi connectivity index (χ3v) is 2.35. The second-order valence-corrected chi connectivity index (χ2v) is 3.84. The van der Waals surface area contributed by atoms with Crippen LogP contribution in [0.1, 0.15) is 16.8 Å². The zero-order chi connectivity index (χ0) is 14.3. The van der Waals surface area contributed by atoms with E-state index < -0.39 is 23.4 Å². The lowest BCUT2D eigenvalue weighted by molar-refractivity contribution is 0.0692. The molecule has 104 valence electrons. The molecule has 0 atom stereocenters. The molecule has 0 fully saturated rings. The normalized spacial score (nSPS) is 10.0. The molecule has 1 aromatic rings. The van der Waals surface area contributed by atoms with Gasteiger partial charge in [0.2, 0.25) is 0 Å². The lowest BCUT2D eigenvalue weighted by atomic mass is 10.2. The Bertz CT molecular complexity index is 466. The van der Waals surface area contributed by atoms with Crippen molar-refractivity contribution in [1.82, 2.24) is 10.6 Å². The minimum atomic E-state index is -1.35. The van der Waals surface area contributed by atoms with Gasteiger partial charge in [-0.2, -0.15) is 0 Å². The highest BCUT2D eigenvalue weighted by atomic mass is 19.1. The molecule has 1 aromatic carbocycles. The van der Waals surface area contributed by atoms with E-state index in [0.29, 0.717) is 6.54 Å². The number of urea groups is 1. The summed E-state index contributed by atoms with van der Waals surface area (Å²) in [4.78, 5) is 22.0. The van der Waals surface area contributed by atoms with Crippen LogP contribution in [0.5, 0.6) is 0 Å². The van der Waals surface area contributed by atoms with Gasteiger partial charge in [0.25, 0.3) is 0 Å². The molecule has 0 spiro atoms. The van der Waals surface area contributed by atoms with Gasteiger partial charge < -0.3 is 21.1 Å². The van der Waals surface area contributed by atoms with E-state index in [1.807, 2.05) is 7.05 Å². The summed E-state index contributed by atoms with van der Waals surface area (Å²) in [6.45, 7) is 1.27. The smallest absolute Gasteiger partial charge is 0.338 e. The fourth-order valence-corrected chi connectivity index (χ4v) is 1.41. The third kappa shape index (κ3) is 4.92. The Balaban J connectivity index is 2.51.